The number of pyridine rings is 2. The Morgan fingerprint density at radius 1 is 1.06 bits per heavy atom. The molecule has 0 saturated carbocycles. The van der Waals surface area contributed by atoms with E-state index in [4.69, 9.17) is 0 Å². The molecule has 1 aliphatic rings. The van der Waals surface area contributed by atoms with Crippen molar-refractivity contribution in [3.8, 4) is 11.3 Å². The predicted octanol–water partition coefficient (Wildman–Crippen LogP) is 5.44. The van der Waals surface area contributed by atoms with E-state index in [0.717, 1.165) is 23.4 Å². The van der Waals surface area contributed by atoms with Gasteiger partial charge in [-0.1, -0.05) is 26.0 Å². The van der Waals surface area contributed by atoms with Crippen LogP contribution in [0.5, 0.6) is 0 Å². The van der Waals surface area contributed by atoms with Gasteiger partial charge in [0.2, 0.25) is 0 Å². The number of piperidine rings is 1. The number of Topliss-reactive ketones (excluding diaryl/α,β-unsaturated/α-hetero) is 1. The highest BCUT2D eigenvalue weighted by molar-refractivity contribution is 5.96. The fraction of sp³-hybridized carbons (Fsp3) is 0.296. The maximum atomic E-state index is 14.3. The third-order valence-electron chi connectivity index (χ3n) is 6.33. The highest BCUT2D eigenvalue weighted by Crippen LogP contribution is 2.30. The van der Waals surface area contributed by atoms with Gasteiger partial charge in [-0.25, -0.2) is 22.5 Å². The summed E-state index contributed by atoms with van der Waals surface area (Å²) in [5.74, 6) is -5.14. The van der Waals surface area contributed by atoms with E-state index >= 15 is 0 Å². The van der Waals surface area contributed by atoms with Crippen LogP contribution in [0.3, 0.4) is 0 Å². The van der Waals surface area contributed by atoms with Crippen LogP contribution >= 0.6 is 0 Å². The van der Waals surface area contributed by atoms with Gasteiger partial charge < -0.3 is 10.0 Å². The number of aliphatic hydroxyl groups excluding tert-OH is 1. The summed E-state index contributed by atoms with van der Waals surface area (Å²) in [6.07, 6.45) is 6.22. The Bertz CT molecular complexity index is 1280. The van der Waals surface area contributed by atoms with Crippen LogP contribution in [0.1, 0.15) is 36.3 Å². The van der Waals surface area contributed by atoms with Crippen LogP contribution in [0.15, 0.2) is 48.8 Å². The lowest BCUT2D eigenvalue weighted by Crippen LogP contribution is -2.47. The van der Waals surface area contributed by atoms with Gasteiger partial charge in [0, 0.05) is 55.3 Å². The summed E-state index contributed by atoms with van der Waals surface area (Å²) >= 11 is 0. The molecule has 36 heavy (non-hydrogen) atoms. The van der Waals surface area contributed by atoms with Crippen LogP contribution in [-0.2, 0) is 0 Å². The SMILES string of the molecule is CC1CN(c2ccncc2/C=C/CC(=O)c2ccc(F)c(-c3c(F)cc(F)cc3F)n2)C[C@H](C)C1O. The van der Waals surface area contributed by atoms with Crippen molar-refractivity contribution in [2.45, 2.75) is 26.4 Å². The third-order valence-corrected chi connectivity index (χ3v) is 6.33. The number of anilines is 1. The first-order chi connectivity index (χ1) is 17.2. The Kier molecular flexibility index (Phi) is 7.49. The number of allylic oxidation sites excluding steroid dienone is 1. The fourth-order valence-electron chi connectivity index (χ4n) is 4.50. The number of aliphatic hydroxyl groups is 1. The van der Waals surface area contributed by atoms with Crippen LogP contribution in [0, 0.1) is 35.1 Å². The Morgan fingerprint density at radius 3 is 2.39 bits per heavy atom. The van der Waals surface area contributed by atoms with Crippen LogP contribution < -0.4 is 4.90 Å². The molecule has 3 aromatic rings. The number of carbonyl (C=O) groups is 1. The van der Waals surface area contributed by atoms with E-state index in [2.05, 4.69) is 14.9 Å². The quantitative estimate of drug-likeness (QED) is 0.362. The van der Waals surface area contributed by atoms with E-state index in [1.165, 1.54) is 0 Å². The number of halogens is 4. The van der Waals surface area contributed by atoms with Crippen LogP contribution in [-0.4, -0.2) is 40.1 Å². The summed E-state index contributed by atoms with van der Waals surface area (Å²) in [4.78, 5) is 22.9. The monoisotopic (exact) mass is 499 g/mol. The molecular formula is C27H25F4N3O2. The number of carbonyl (C=O) groups excluding carboxylic acids is 1. The molecule has 2 unspecified atom stereocenters. The van der Waals surface area contributed by atoms with Crippen molar-refractivity contribution in [2.24, 2.45) is 11.8 Å². The zero-order chi connectivity index (χ0) is 26.0. The first kappa shape index (κ1) is 25.5. The molecule has 3 heterocycles. The van der Waals surface area contributed by atoms with Gasteiger partial charge in [-0.2, -0.15) is 0 Å². The molecule has 2 aromatic heterocycles. The summed E-state index contributed by atoms with van der Waals surface area (Å²) in [7, 11) is 0. The van der Waals surface area contributed by atoms with Gasteiger partial charge in [0.25, 0.3) is 0 Å². The van der Waals surface area contributed by atoms with Crippen molar-refractivity contribution in [1.82, 2.24) is 9.97 Å². The fourth-order valence-corrected chi connectivity index (χ4v) is 4.50. The van der Waals surface area contributed by atoms with Crippen molar-refractivity contribution in [1.29, 1.82) is 0 Å². The van der Waals surface area contributed by atoms with E-state index in [0.29, 0.717) is 25.2 Å². The minimum atomic E-state index is -1.32. The summed E-state index contributed by atoms with van der Waals surface area (Å²) in [6.45, 7) is 5.34. The molecule has 0 spiro atoms. The molecule has 0 bridgehead atoms. The van der Waals surface area contributed by atoms with E-state index < -0.39 is 40.3 Å². The van der Waals surface area contributed by atoms with Gasteiger partial charge in [0.05, 0.1) is 11.7 Å². The number of ketones is 1. The molecule has 0 aliphatic carbocycles. The minimum Gasteiger partial charge on any atom is -0.392 e. The van der Waals surface area contributed by atoms with Crippen LogP contribution in [0.4, 0.5) is 23.2 Å². The van der Waals surface area contributed by atoms with E-state index in [1.54, 1.807) is 24.5 Å². The lowest BCUT2D eigenvalue weighted by atomic mass is 9.88. The van der Waals surface area contributed by atoms with Gasteiger partial charge in [-0.15, -0.1) is 0 Å². The normalized spacial score (nSPS) is 20.2. The molecule has 1 N–H and O–H groups in total. The van der Waals surface area contributed by atoms with Gasteiger partial charge in [0.15, 0.2) is 5.78 Å². The van der Waals surface area contributed by atoms with Crippen molar-refractivity contribution >= 4 is 17.5 Å². The molecule has 1 saturated heterocycles. The Balaban J connectivity index is 1.53. The maximum absolute atomic E-state index is 14.3. The summed E-state index contributed by atoms with van der Waals surface area (Å²) in [5.41, 5.74) is -0.0228. The van der Waals surface area contributed by atoms with Crippen molar-refractivity contribution in [3.05, 3.63) is 83.3 Å². The minimum absolute atomic E-state index is 0.0925. The summed E-state index contributed by atoms with van der Waals surface area (Å²) < 4.78 is 55.9. The second kappa shape index (κ2) is 10.6. The maximum Gasteiger partial charge on any atom is 0.184 e. The molecule has 3 atom stereocenters. The van der Waals surface area contributed by atoms with Gasteiger partial charge in [-0.05, 0) is 30.0 Å². The molecular weight excluding hydrogens is 474 g/mol. The predicted molar refractivity (Wildman–Crippen MR) is 128 cm³/mol. The molecule has 0 amide bonds. The molecule has 5 nitrogen and oxygen atoms in total. The van der Waals surface area contributed by atoms with E-state index in [-0.39, 0.29) is 30.1 Å². The van der Waals surface area contributed by atoms with Crippen molar-refractivity contribution in [3.63, 3.8) is 0 Å². The Hall–Kier alpha value is -3.59. The molecule has 0 radical (unpaired) electrons. The number of hydrogen-bond acceptors (Lipinski definition) is 5. The number of benzene rings is 1. The molecule has 188 valence electrons. The van der Waals surface area contributed by atoms with Gasteiger partial charge in [-0.3, -0.25) is 9.78 Å². The lowest BCUT2D eigenvalue weighted by molar-refractivity contribution is 0.0529. The van der Waals surface area contributed by atoms with Gasteiger partial charge >= 0.3 is 0 Å². The second-order valence-corrected chi connectivity index (χ2v) is 9.09. The smallest absolute Gasteiger partial charge is 0.184 e. The number of aromatic nitrogens is 2. The van der Waals surface area contributed by atoms with Gasteiger partial charge in [0.1, 0.15) is 34.7 Å². The largest absolute Gasteiger partial charge is 0.392 e. The highest BCUT2D eigenvalue weighted by atomic mass is 19.1. The number of nitrogens with zero attached hydrogens (tertiary/aromatic N) is 3. The zero-order valence-electron chi connectivity index (χ0n) is 19.8. The summed E-state index contributed by atoms with van der Waals surface area (Å²) in [6, 6.07) is 4.75. The second-order valence-electron chi connectivity index (χ2n) is 9.09. The number of hydrogen-bond donors (Lipinski definition) is 1. The number of rotatable bonds is 6. The van der Waals surface area contributed by atoms with E-state index in [1.807, 2.05) is 19.9 Å². The van der Waals surface area contributed by atoms with Crippen molar-refractivity contribution in [2.75, 3.05) is 18.0 Å². The van der Waals surface area contributed by atoms with Crippen LogP contribution in [0.25, 0.3) is 17.3 Å². The molecule has 4 rings (SSSR count). The molecule has 9 heteroatoms. The average molecular weight is 500 g/mol. The summed E-state index contributed by atoms with van der Waals surface area (Å²) in [5, 5.41) is 10.3. The zero-order valence-corrected chi connectivity index (χ0v) is 19.8. The standard InChI is InChI=1S/C27H25F4N3O2/c1-15-13-34(14-16(2)27(15)36)23-8-9-32-12-17(23)4-3-5-24(35)22-7-6-19(29)26(33-22)25-20(30)10-18(28)11-21(25)31/h3-4,6-12,15-16,27,36H,5,13-14H2,1-2H3/b4-3+/t15-,16?,27?/m0/s1. The topological polar surface area (TPSA) is 66.3 Å². The van der Waals surface area contributed by atoms with Crippen molar-refractivity contribution < 1.29 is 27.5 Å². The first-order valence-corrected chi connectivity index (χ1v) is 11.5. The first-order valence-electron chi connectivity index (χ1n) is 11.5. The Labute approximate surface area is 206 Å². The van der Waals surface area contributed by atoms with E-state index in [9.17, 15) is 27.5 Å². The Morgan fingerprint density at radius 2 is 1.72 bits per heavy atom. The van der Waals surface area contributed by atoms with Crippen LogP contribution in [0.2, 0.25) is 0 Å². The molecule has 1 aromatic carbocycles. The molecule has 1 aliphatic heterocycles. The lowest BCUT2D eigenvalue weighted by Gasteiger charge is -2.40. The average Bonchev–Trinajstić information content (AvgIpc) is 2.83. The molecule has 1 fully saturated rings. The third kappa shape index (κ3) is 5.31. The highest BCUT2D eigenvalue weighted by Gasteiger charge is 2.31.